The lowest BCUT2D eigenvalue weighted by Gasteiger charge is -2.35. The smallest absolute Gasteiger partial charge is 0.329 e. The van der Waals surface area contributed by atoms with Crippen LogP contribution in [-0.4, -0.2) is 139 Å². The monoisotopic (exact) mass is 886 g/mol. The van der Waals surface area contributed by atoms with Gasteiger partial charge in [-0.25, -0.2) is 4.79 Å². The normalized spacial score (nSPS) is 27.2. The number of hydrogen-bond acceptors (Lipinski definition) is 11. The van der Waals surface area contributed by atoms with Crippen LogP contribution in [0.1, 0.15) is 106 Å². The van der Waals surface area contributed by atoms with E-state index in [0.717, 1.165) is 0 Å². The van der Waals surface area contributed by atoms with E-state index in [-0.39, 0.29) is 37.1 Å². The highest BCUT2D eigenvalue weighted by molar-refractivity contribution is 5.96. The number of esters is 1. The zero-order valence-corrected chi connectivity index (χ0v) is 39.5. The highest BCUT2D eigenvalue weighted by Crippen LogP contribution is 2.25. The minimum Gasteiger partial charge on any atom is -0.497 e. The minimum atomic E-state index is -1.48. The Morgan fingerprint density at radius 2 is 1.59 bits per heavy atom. The summed E-state index contributed by atoms with van der Waals surface area (Å²) in [6.45, 7) is 16.6. The van der Waals surface area contributed by atoms with Gasteiger partial charge in [0.25, 0.3) is 0 Å². The summed E-state index contributed by atoms with van der Waals surface area (Å²) in [6.07, 6.45) is -1.29. The second-order valence-electron chi connectivity index (χ2n) is 18.5. The van der Waals surface area contributed by atoms with E-state index < -0.39 is 108 Å². The molecule has 2 aliphatic heterocycles. The van der Waals surface area contributed by atoms with Gasteiger partial charge in [0.2, 0.25) is 35.4 Å². The largest absolute Gasteiger partial charge is 0.497 e. The molecule has 1 aromatic carbocycles. The minimum absolute atomic E-state index is 0.0101. The second kappa shape index (κ2) is 24.3. The summed E-state index contributed by atoms with van der Waals surface area (Å²) in [6, 6.07) is -0.594. The van der Waals surface area contributed by atoms with E-state index in [1.165, 1.54) is 30.9 Å². The third kappa shape index (κ3) is 14.6. The number of likely N-dealkylation sites (N-methyl/N-ethyl adjacent to an activating group) is 2. The van der Waals surface area contributed by atoms with E-state index in [2.05, 4.69) is 26.6 Å². The van der Waals surface area contributed by atoms with Crippen molar-refractivity contribution in [1.82, 2.24) is 36.4 Å². The Hall–Kier alpha value is -4.77. The van der Waals surface area contributed by atoms with Crippen LogP contribution >= 0.6 is 0 Å². The Kier molecular flexibility index (Phi) is 20.3. The van der Waals surface area contributed by atoms with Crippen molar-refractivity contribution in [2.24, 2.45) is 23.7 Å². The summed E-state index contributed by atoms with van der Waals surface area (Å²) in [4.78, 5) is 102. The maximum Gasteiger partial charge on any atom is 0.329 e. The SMILES string of the molecule is CC[C@H](C)[C@H]1NC(=O)[C@@H](NC(=O)[C@@H](CC(C)C)NC)[C@@H](C)OC(=O)[C@H](Cc2ccc(OC)cc2)N(C)C(=O)C2CCCN2C(=O)[C@H](CC(C)C)NC(=O)[C@H](C(C)C)NC(=O)C[C@@H]1O. The van der Waals surface area contributed by atoms with Crippen molar-refractivity contribution in [3.8, 4) is 5.75 Å². The molecule has 17 heteroatoms. The molecule has 0 aliphatic carbocycles. The average Bonchev–Trinajstić information content (AvgIpc) is 3.72. The fourth-order valence-electron chi connectivity index (χ4n) is 8.21. The van der Waals surface area contributed by atoms with Crippen LogP contribution in [0.2, 0.25) is 0 Å². The Bertz CT molecular complexity index is 1720. The lowest BCUT2D eigenvalue weighted by molar-refractivity contribution is -0.162. The maximum absolute atomic E-state index is 14.6. The van der Waals surface area contributed by atoms with E-state index in [4.69, 9.17) is 9.47 Å². The van der Waals surface area contributed by atoms with Gasteiger partial charge < -0.3 is 51.0 Å². The molecule has 354 valence electrons. The van der Waals surface area contributed by atoms with Crippen molar-refractivity contribution in [2.75, 3.05) is 27.7 Å². The molecule has 0 bridgehead atoms. The fraction of sp³-hybridized carbons (Fsp3) is 0.717. The number of fused-ring (bicyclic) bond motifs is 1. The van der Waals surface area contributed by atoms with E-state index in [0.29, 0.717) is 37.0 Å². The lowest BCUT2D eigenvalue weighted by atomic mass is 9.91. The molecule has 3 rings (SSSR count). The number of nitrogens with one attached hydrogen (secondary N) is 5. The quantitative estimate of drug-likeness (QED) is 0.157. The van der Waals surface area contributed by atoms with Gasteiger partial charge in [-0.3, -0.25) is 28.8 Å². The van der Waals surface area contributed by atoms with Crippen LogP contribution in [0.5, 0.6) is 5.75 Å². The number of methoxy groups -OCH3 is 1. The van der Waals surface area contributed by atoms with Crippen LogP contribution < -0.4 is 31.3 Å². The molecule has 2 heterocycles. The van der Waals surface area contributed by atoms with Gasteiger partial charge in [-0.15, -0.1) is 0 Å². The van der Waals surface area contributed by atoms with Crippen LogP contribution in [0.3, 0.4) is 0 Å². The van der Waals surface area contributed by atoms with Crippen molar-refractivity contribution in [3.05, 3.63) is 29.8 Å². The molecular formula is C46H75N7O10. The number of carbonyl (C=O) groups excluding carboxylic acids is 7. The highest BCUT2D eigenvalue weighted by Gasteiger charge is 2.44. The highest BCUT2D eigenvalue weighted by atomic mass is 16.5. The van der Waals surface area contributed by atoms with Crippen LogP contribution in [0.25, 0.3) is 0 Å². The van der Waals surface area contributed by atoms with E-state index >= 15 is 0 Å². The summed E-state index contributed by atoms with van der Waals surface area (Å²) < 4.78 is 11.4. The van der Waals surface area contributed by atoms with Gasteiger partial charge in [0.15, 0.2) is 0 Å². The first-order valence-electron chi connectivity index (χ1n) is 22.6. The summed E-state index contributed by atoms with van der Waals surface area (Å²) in [7, 11) is 4.62. The average molecular weight is 886 g/mol. The van der Waals surface area contributed by atoms with Crippen molar-refractivity contribution < 1.29 is 48.1 Å². The molecule has 0 aromatic heterocycles. The Labute approximate surface area is 373 Å². The summed E-state index contributed by atoms with van der Waals surface area (Å²) in [5.41, 5.74) is 0.663. The van der Waals surface area contributed by atoms with Gasteiger partial charge in [0, 0.05) is 20.0 Å². The third-order valence-corrected chi connectivity index (χ3v) is 12.2. The molecule has 17 nitrogen and oxygen atoms in total. The van der Waals surface area contributed by atoms with Gasteiger partial charge in [-0.05, 0) is 81.0 Å². The van der Waals surface area contributed by atoms with Crippen LogP contribution in [0.4, 0.5) is 0 Å². The number of cyclic esters (lactones) is 1. The zero-order chi connectivity index (χ0) is 47.3. The fourth-order valence-corrected chi connectivity index (χ4v) is 8.21. The molecule has 1 aromatic rings. The van der Waals surface area contributed by atoms with Gasteiger partial charge >= 0.3 is 5.97 Å². The van der Waals surface area contributed by atoms with Crippen LogP contribution in [0, 0.1) is 23.7 Å². The number of amides is 6. The van der Waals surface area contributed by atoms with Gasteiger partial charge in [-0.1, -0.05) is 73.9 Å². The predicted molar refractivity (Wildman–Crippen MR) is 238 cm³/mol. The molecule has 6 N–H and O–H groups in total. The van der Waals surface area contributed by atoms with E-state index in [1.54, 1.807) is 52.1 Å². The molecule has 0 saturated carbocycles. The van der Waals surface area contributed by atoms with E-state index in [9.17, 15) is 38.7 Å². The predicted octanol–water partition coefficient (Wildman–Crippen LogP) is 2.07. The first kappa shape index (κ1) is 52.6. The van der Waals surface area contributed by atoms with Crippen molar-refractivity contribution >= 4 is 41.4 Å². The third-order valence-electron chi connectivity index (χ3n) is 12.2. The maximum atomic E-state index is 14.6. The number of nitrogens with zero attached hydrogens (tertiary/aromatic N) is 2. The summed E-state index contributed by atoms with van der Waals surface area (Å²) in [5.74, 6) is -4.56. The molecule has 6 amide bonds. The number of carbonyl (C=O) groups is 7. The zero-order valence-electron chi connectivity index (χ0n) is 39.5. The number of benzene rings is 1. The topological polar surface area (TPSA) is 225 Å². The number of aliphatic hydroxyl groups excluding tert-OH is 1. The van der Waals surface area contributed by atoms with Crippen molar-refractivity contribution in [1.29, 1.82) is 0 Å². The molecule has 0 spiro atoms. The summed E-state index contributed by atoms with van der Waals surface area (Å²) in [5, 5.41) is 25.8. The molecule has 2 fully saturated rings. The number of hydrogen-bond donors (Lipinski definition) is 6. The van der Waals surface area contributed by atoms with Crippen LogP contribution in [-0.2, 0) is 44.7 Å². The van der Waals surface area contributed by atoms with Crippen molar-refractivity contribution in [3.63, 3.8) is 0 Å². The van der Waals surface area contributed by atoms with Crippen molar-refractivity contribution in [2.45, 2.75) is 162 Å². The standard InChI is InChI=1S/C46H75N7O10/c1-13-28(8)39-36(54)24-37(55)49-38(27(6)7)42(57)48-33(22-26(4)5)44(59)53-20-14-15-34(53)45(60)52(11)35(23-30-16-18-31(62-12)19-17-30)46(61)63-29(9)40(43(58)50-39)51-41(56)32(47-10)21-25(2)3/h16-19,25-29,32-36,38-40,47,54H,13-15,20-24H2,1-12H3,(H,48,57)(H,49,55)(H,50,58)(H,51,56)/t28-,29+,32+,33-,34?,35-,36-,38-,39+,40-/m0/s1. The molecular weight excluding hydrogens is 811 g/mol. The van der Waals surface area contributed by atoms with E-state index in [1.807, 2.05) is 34.6 Å². The lowest BCUT2D eigenvalue weighted by Crippen LogP contribution is -2.61. The van der Waals surface area contributed by atoms with Gasteiger partial charge in [-0.2, -0.15) is 0 Å². The molecule has 10 atom stereocenters. The molecule has 0 radical (unpaired) electrons. The molecule has 63 heavy (non-hydrogen) atoms. The molecule has 2 aliphatic rings. The second-order valence-corrected chi connectivity index (χ2v) is 18.5. The molecule has 1 unspecified atom stereocenters. The summed E-state index contributed by atoms with van der Waals surface area (Å²) >= 11 is 0. The van der Waals surface area contributed by atoms with Gasteiger partial charge in [0.05, 0.1) is 31.7 Å². The first-order valence-corrected chi connectivity index (χ1v) is 22.6. The Balaban J connectivity index is 2.21. The van der Waals surface area contributed by atoms with Crippen LogP contribution in [0.15, 0.2) is 24.3 Å². The Morgan fingerprint density at radius 3 is 2.14 bits per heavy atom. The molecule has 2 saturated heterocycles. The Morgan fingerprint density at radius 1 is 0.937 bits per heavy atom. The number of rotatable bonds is 13. The number of aliphatic hydroxyl groups is 1. The first-order chi connectivity index (χ1) is 29.6. The van der Waals surface area contributed by atoms with Gasteiger partial charge in [0.1, 0.15) is 42.1 Å². The number of ether oxygens (including phenoxy) is 2.